The molecule has 2 fully saturated rings. The van der Waals surface area contributed by atoms with E-state index in [4.69, 9.17) is 0 Å². The first-order chi connectivity index (χ1) is 7.31. The van der Waals surface area contributed by atoms with Gasteiger partial charge in [-0.3, -0.25) is 9.69 Å². The monoisotopic (exact) mass is 210 g/mol. The number of hydrogen-bond acceptors (Lipinski definition) is 2. The third-order valence-electron chi connectivity index (χ3n) is 3.89. The number of carbonyl (C=O) groups excluding carboxylic acids is 1. The van der Waals surface area contributed by atoms with Crippen molar-refractivity contribution in [1.29, 1.82) is 0 Å². The summed E-state index contributed by atoms with van der Waals surface area (Å²) >= 11 is 0. The first kappa shape index (κ1) is 10.9. The fourth-order valence-electron chi connectivity index (χ4n) is 2.58. The van der Waals surface area contributed by atoms with Crippen molar-refractivity contribution < 1.29 is 4.79 Å². The lowest BCUT2D eigenvalue weighted by molar-refractivity contribution is -0.127. The van der Waals surface area contributed by atoms with Gasteiger partial charge in [0.2, 0.25) is 5.91 Å². The summed E-state index contributed by atoms with van der Waals surface area (Å²) in [6.45, 7) is 5.39. The van der Waals surface area contributed by atoms with Gasteiger partial charge in [-0.15, -0.1) is 0 Å². The van der Waals surface area contributed by atoms with Gasteiger partial charge in [0.1, 0.15) is 0 Å². The van der Waals surface area contributed by atoms with Gasteiger partial charge in [-0.2, -0.15) is 0 Å². The van der Waals surface area contributed by atoms with Crippen LogP contribution >= 0.6 is 0 Å². The minimum Gasteiger partial charge on any atom is -0.354 e. The molecule has 0 radical (unpaired) electrons. The van der Waals surface area contributed by atoms with Crippen molar-refractivity contribution in [1.82, 2.24) is 10.2 Å². The molecule has 1 saturated carbocycles. The molecule has 2 aliphatic rings. The largest absolute Gasteiger partial charge is 0.354 e. The smallest absolute Gasteiger partial charge is 0.223 e. The Morgan fingerprint density at radius 3 is 2.73 bits per heavy atom. The second kappa shape index (κ2) is 4.97. The maximum absolute atomic E-state index is 11.6. The molecular formula is C12H22N2O. The predicted molar refractivity (Wildman–Crippen MR) is 60.6 cm³/mol. The van der Waals surface area contributed by atoms with Crippen molar-refractivity contribution in [2.24, 2.45) is 5.92 Å². The first-order valence-electron chi connectivity index (χ1n) is 6.33. The summed E-state index contributed by atoms with van der Waals surface area (Å²) in [5.41, 5.74) is 0. The number of carbonyl (C=O) groups is 1. The van der Waals surface area contributed by atoms with Gasteiger partial charge >= 0.3 is 0 Å². The van der Waals surface area contributed by atoms with Crippen molar-refractivity contribution in [2.75, 3.05) is 19.6 Å². The number of amides is 1. The Morgan fingerprint density at radius 1 is 1.33 bits per heavy atom. The molecule has 0 bridgehead atoms. The van der Waals surface area contributed by atoms with Gasteiger partial charge in [-0.1, -0.05) is 13.3 Å². The molecular weight excluding hydrogens is 188 g/mol. The van der Waals surface area contributed by atoms with Gasteiger partial charge in [0.05, 0.1) is 0 Å². The standard InChI is InChI=1S/C12H22N2O/c1-2-14-8-4-7-11(14)9-13-12(15)10-5-3-6-10/h10-11H,2-9H2,1H3,(H,13,15)/t11-/m0/s1. The fourth-order valence-corrected chi connectivity index (χ4v) is 2.58. The number of nitrogens with one attached hydrogen (secondary N) is 1. The molecule has 0 aromatic rings. The van der Waals surface area contributed by atoms with E-state index in [2.05, 4.69) is 17.1 Å². The van der Waals surface area contributed by atoms with Crippen LogP contribution in [0.1, 0.15) is 39.0 Å². The van der Waals surface area contributed by atoms with Crippen molar-refractivity contribution >= 4 is 5.91 Å². The van der Waals surface area contributed by atoms with Gasteiger partial charge in [-0.05, 0) is 38.8 Å². The van der Waals surface area contributed by atoms with Gasteiger partial charge in [-0.25, -0.2) is 0 Å². The highest BCUT2D eigenvalue weighted by Crippen LogP contribution is 2.26. The zero-order valence-corrected chi connectivity index (χ0v) is 9.67. The Kier molecular flexibility index (Phi) is 3.62. The third kappa shape index (κ3) is 2.51. The van der Waals surface area contributed by atoms with Gasteiger partial charge in [0.25, 0.3) is 0 Å². The third-order valence-corrected chi connectivity index (χ3v) is 3.89. The summed E-state index contributed by atoms with van der Waals surface area (Å²) < 4.78 is 0. The summed E-state index contributed by atoms with van der Waals surface area (Å²) in [5, 5.41) is 3.11. The van der Waals surface area contributed by atoms with Crippen LogP contribution in [0.3, 0.4) is 0 Å². The van der Waals surface area contributed by atoms with Gasteiger partial charge in [0, 0.05) is 18.5 Å². The van der Waals surface area contributed by atoms with E-state index < -0.39 is 0 Å². The molecule has 3 nitrogen and oxygen atoms in total. The Labute approximate surface area is 92.2 Å². The van der Waals surface area contributed by atoms with Crippen LogP contribution in [-0.2, 0) is 4.79 Å². The molecule has 1 atom stereocenters. The van der Waals surface area contributed by atoms with E-state index >= 15 is 0 Å². The van der Waals surface area contributed by atoms with Gasteiger partial charge < -0.3 is 5.32 Å². The molecule has 0 aromatic carbocycles. The summed E-state index contributed by atoms with van der Waals surface area (Å²) in [6, 6.07) is 0.596. The van der Waals surface area contributed by atoms with Crippen LogP contribution in [0.15, 0.2) is 0 Å². The number of hydrogen-bond donors (Lipinski definition) is 1. The minimum absolute atomic E-state index is 0.296. The summed E-state index contributed by atoms with van der Waals surface area (Å²) in [6.07, 6.45) is 5.99. The number of rotatable bonds is 4. The maximum atomic E-state index is 11.6. The Morgan fingerprint density at radius 2 is 2.13 bits per heavy atom. The van der Waals surface area contributed by atoms with Crippen LogP contribution in [0.25, 0.3) is 0 Å². The highest BCUT2D eigenvalue weighted by molar-refractivity contribution is 5.79. The molecule has 1 N–H and O–H groups in total. The molecule has 0 aromatic heterocycles. The van der Waals surface area contributed by atoms with E-state index in [1.165, 1.54) is 25.8 Å². The second-order valence-electron chi connectivity index (χ2n) is 4.80. The number of likely N-dealkylation sites (N-methyl/N-ethyl adjacent to an activating group) is 1. The molecule has 1 heterocycles. The van der Waals surface area contributed by atoms with Crippen LogP contribution in [0.2, 0.25) is 0 Å². The number of nitrogens with zero attached hydrogens (tertiary/aromatic N) is 1. The normalized spacial score (nSPS) is 27.7. The van der Waals surface area contributed by atoms with Crippen molar-refractivity contribution in [2.45, 2.75) is 45.1 Å². The van der Waals surface area contributed by atoms with E-state index in [1.54, 1.807) is 0 Å². The second-order valence-corrected chi connectivity index (χ2v) is 4.80. The van der Waals surface area contributed by atoms with Crippen LogP contribution in [0.4, 0.5) is 0 Å². The predicted octanol–water partition coefficient (Wildman–Crippen LogP) is 1.39. The highest BCUT2D eigenvalue weighted by atomic mass is 16.1. The summed E-state index contributed by atoms with van der Waals surface area (Å²) in [4.78, 5) is 14.1. The summed E-state index contributed by atoms with van der Waals surface area (Å²) in [5.74, 6) is 0.630. The SMILES string of the molecule is CCN1CCC[C@H]1CNC(=O)C1CCC1. The fraction of sp³-hybridized carbons (Fsp3) is 0.917. The lowest BCUT2D eigenvalue weighted by atomic mass is 9.85. The van der Waals surface area contributed by atoms with E-state index in [-0.39, 0.29) is 0 Å². The lowest BCUT2D eigenvalue weighted by Gasteiger charge is -2.27. The van der Waals surface area contributed by atoms with Gasteiger partial charge in [0.15, 0.2) is 0 Å². The van der Waals surface area contributed by atoms with Crippen molar-refractivity contribution in [3.63, 3.8) is 0 Å². The maximum Gasteiger partial charge on any atom is 0.223 e. The Hall–Kier alpha value is -0.570. The van der Waals surface area contributed by atoms with Crippen LogP contribution in [0, 0.1) is 5.92 Å². The van der Waals surface area contributed by atoms with E-state index in [1.807, 2.05) is 0 Å². The van der Waals surface area contributed by atoms with E-state index in [9.17, 15) is 4.79 Å². The van der Waals surface area contributed by atoms with E-state index in [0.29, 0.717) is 17.9 Å². The minimum atomic E-state index is 0.296. The topological polar surface area (TPSA) is 32.3 Å². The average Bonchev–Trinajstić information content (AvgIpc) is 2.58. The Balaban J connectivity index is 1.70. The number of likely N-dealkylation sites (tertiary alicyclic amines) is 1. The lowest BCUT2D eigenvalue weighted by Crippen LogP contribution is -2.43. The molecule has 1 saturated heterocycles. The van der Waals surface area contributed by atoms with Crippen LogP contribution in [0.5, 0.6) is 0 Å². The molecule has 2 rings (SSSR count). The zero-order chi connectivity index (χ0) is 10.7. The van der Waals surface area contributed by atoms with Crippen molar-refractivity contribution in [3.05, 3.63) is 0 Å². The van der Waals surface area contributed by atoms with E-state index in [0.717, 1.165) is 25.9 Å². The molecule has 3 heteroatoms. The molecule has 0 spiro atoms. The molecule has 86 valence electrons. The molecule has 15 heavy (non-hydrogen) atoms. The molecule has 0 unspecified atom stereocenters. The quantitative estimate of drug-likeness (QED) is 0.760. The molecule has 1 aliphatic carbocycles. The van der Waals surface area contributed by atoms with Crippen molar-refractivity contribution in [3.8, 4) is 0 Å². The Bertz CT molecular complexity index is 226. The first-order valence-corrected chi connectivity index (χ1v) is 6.33. The molecule has 1 aliphatic heterocycles. The zero-order valence-electron chi connectivity index (χ0n) is 9.67. The highest BCUT2D eigenvalue weighted by Gasteiger charge is 2.27. The van der Waals surface area contributed by atoms with Crippen LogP contribution < -0.4 is 5.32 Å². The average molecular weight is 210 g/mol. The molecule has 1 amide bonds. The summed E-state index contributed by atoms with van der Waals surface area (Å²) in [7, 11) is 0. The van der Waals surface area contributed by atoms with Crippen LogP contribution in [-0.4, -0.2) is 36.5 Å².